The first-order chi connectivity index (χ1) is 13.1. The molecule has 27 heavy (non-hydrogen) atoms. The molecule has 2 aromatic rings. The van der Waals surface area contributed by atoms with Gasteiger partial charge in [0.1, 0.15) is 18.8 Å². The van der Waals surface area contributed by atoms with E-state index < -0.39 is 0 Å². The number of phenolic OH excluding ortho intramolecular Hbond substituents is 1. The number of quaternary nitrogens is 1. The monoisotopic (exact) mass is 387 g/mol. The van der Waals surface area contributed by atoms with Gasteiger partial charge in [0.05, 0.1) is 25.5 Å². The van der Waals surface area contributed by atoms with E-state index in [1.54, 1.807) is 4.90 Å². The highest BCUT2D eigenvalue weighted by Crippen LogP contribution is 2.28. The predicted molar refractivity (Wildman–Crippen MR) is 113 cm³/mol. The summed E-state index contributed by atoms with van der Waals surface area (Å²) in [5.74, 6) is 0.239. The molecule has 1 heterocycles. The smallest absolute Gasteiger partial charge is 0.186 e. The molecule has 1 aliphatic rings. The van der Waals surface area contributed by atoms with Gasteiger partial charge in [0, 0.05) is 23.9 Å². The Labute approximate surface area is 165 Å². The normalized spacial score (nSPS) is 15.7. The molecule has 3 rings (SSSR count). The fraction of sp³-hybridized carbons (Fsp3) is 0.400. The van der Waals surface area contributed by atoms with Crippen molar-refractivity contribution in [2.45, 2.75) is 13.3 Å². The molecule has 0 aromatic heterocycles. The standard InChI is InChI=1S/C20H26N4O2S/c1-15(17-8-7-16-5-2-3-6-18(16)19(17)25)22-23-20(27)21-9-4-10-24-11-13-26-14-12-24/h2-3,5-8,25H,4,9-14H2,1H3,(H2,21,23,27)/p+1/b22-15+. The maximum Gasteiger partial charge on any atom is 0.186 e. The summed E-state index contributed by atoms with van der Waals surface area (Å²) in [7, 11) is 0. The van der Waals surface area contributed by atoms with Crippen molar-refractivity contribution in [2.24, 2.45) is 5.10 Å². The van der Waals surface area contributed by atoms with E-state index in [4.69, 9.17) is 17.0 Å². The fourth-order valence-corrected chi connectivity index (χ4v) is 3.38. The number of phenols is 1. The van der Waals surface area contributed by atoms with E-state index in [-0.39, 0.29) is 5.75 Å². The average Bonchev–Trinajstić information content (AvgIpc) is 2.71. The van der Waals surface area contributed by atoms with Gasteiger partial charge >= 0.3 is 0 Å². The molecule has 1 saturated heterocycles. The van der Waals surface area contributed by atoms with Gasteiger partial charge in [-0.25, -0.2) is 0 Å². The van der Waals surface area contributed by atoms with Crippen molar-refractivity contribution in [2.75, 3.05) is 39.4 Å². The van der Waals surface area contributed by atoms with Crippen molar-refractivity contribution in [1.29, 1.82) is 0 Å². The number of fused-ring (bicyclic) bond motifs is 1. The van der Waals surface area contributed by atoms with Crippen molar-refractivity contribution in [3.8, 4) is 5.75 Å². The molecule has 4 N–H and O–H groups in total. The molecule has 1 aliphatic heterocycles. The van der Waals surface area contributed by atoms with Gasteiger partial charge in [0.15, 0.2) is 5.11 Å². The first-order valence-electron chi connectivity index (χ1n) is 9.35. The number of hydrogen-bond acceptors (Lipinski definition) is 4. The van der Waals surface area contributed by atoms with E-state index in [1.807, 2.05) is 43.3 Å². The number of ether oxygens (including phenoxy) is 1. The van der Waals surface area contributed by atoms with Gasteiger partial charge < -0.3 is 20.1 Å². The van der Waals surface area contributed by atoms with Crippen LogP contribution in [0.1, 0.15) is 18.9 Å². The minimum atomic E-state index is 0.239. The number of nitrogens with zero attached hydrogens (tertiary/aromatic N) is 1. The molecule has 0 aliphatic carbocycles. The highest BCUT2D eigenvalue weighted by Gasteiger charge is 2.12. The summed E-state index contributed by atoms with van der Waals surface area (Å²) in [5, 5.41) is 20.3. The number of nitrogens with one attached hydrogen (secondary N) is 3. The largest absolute Gasteiger partial charge is 0.507 e. The fourth-order valence-electron chi connectivity index (χ4n) is 3.23. The van der Waals surface area contributed by atoms with Crippen molar-refractivity contribution in [1.82, 2.24) is 10.7 Å². The van der Waals surface area contributed by atoms with Crippen LogP contribution in [0.5, 0.6) is 5.75 Å². The Morgan fingerprint density at radius 3 is 2.81 bits per heavy atom. The van der Waals surface area contributed by atoms with Crippen LogP contribution >= 0.6 is 12.2 Å². The van der Waals surface area contributed by atoms with E-state index in [0.29, 0.717) is 16.4 Å². The third-order valence-corrected chi connectivity index (χ3v) is 5.04. The van der Waals surface area contributed by atoms with Crippen LogP contribution in [-0.4, -0.2) is 55.3 Å². The summed E-state index contributed by atoms with van der Waals surface area (Å²) in [6.07, 6.45) is 1.05. The molecule has 1 fully saturated rings. The molecule has 2 aromatic carbocycles. The summed E-state index contributed by atoms with van der Waals surface area (Å²) in [4.78, 5) is 1.59. The molecule has 7 heteroatoms. The Morgan fingerprint density at radius 1 is 1.22 bits per heavy atom. The van der Waals surface area contributed by atoms with Crippen molar-refractivity contribution < 1.29 is 14.7 Å². The summed E-state index contributed by atoms with van der Waals surface area (Å²) >= 11 is 5.28. The Bertz CT molecular complexity index is 819. The molecule has 0 saturated carbocycles. The van der Waals surface area contributed by atoms with Crippen LogP contribution < -0.4 is 15.6 Å². The Morgan fingerprint density at radius 2 is 2.00 bits per heavy atom. The van der Waals surface area contributed by atoms with E-state index in [1.165, 1.54) is 0 Å². The van der Waals surface area contributed by atoms with Crippen LogP contribution in [0.15, 0.2) is 41.5 Å². The minimum absolute atomic E-state index is 0.239. The molecule has 0 unspecified atom stereocenters. The lowest BCUT2D eigenvalue weighted by atomic mass is 10.0. The van der Waals surface area contributed by atoms with Gasteiger partial charge in [-0.2, -0.15) is 5.10 Å². The molecule has 0 atom stereocenters. The molecule has 144 valence electrons. The highest BCUT2D eigenvalue weighted by molar-refractivity contribution is 7.80. The molecule has 0 spiro atoms. The maximum atomic E-state index is 10.5. The number of morpholine rings is 1. The van der Waals surface area contributed by atoms with E-state index in [2.05, 4.69) is 15.8 Å². The second-order valence-electron chi connectivity index (χ2n) is 6.71. The van der Waals surface area contributed by atoms with Gasteiger partial charge in [-0.3, -0.25) is 5.43 Å². The molecule has 6 nitrogen and oxygen atoms in total. The highest BCUT2D eigenvalue weighted by atomic mass is 32.1. The molecule has 0 amide bonds. The van der Waals surface area contributed by atoms with Crippen molar-refractivity contribution in [3.63, 3.8) is 0 Å². The number of thiocarbonyl (C=S) groups is 1. The predicted octanol–water partition coefficient (Wildman–Crippen LogP) is 1.04. The quantitative estimate of drug-likeness (QED) is 0.258. The van der Waals surface area contributed by atoms with Crippen molar-refractivity contribution >= 4 is 33.8 Å². The lowest BCUT2D eigenvalue weighted by Crippen LogP contribution is -3.14. The van der Waals surface area contributed by atoms with Gasteiger partial charge in [0.2, 0.25) is 0 Å². The second kappa shape index (κ2) is 9.64. The zero-order chi connectivity index (χ0) is 19.1. The number of rotatable bonds is 6. The molecule has 0 bridgehead atoms. The van der Waals surface area contributed by atoms with Crippen LogP contribution in [-0.2, 0) is 4.74 Å². The number of hydrogen-bond donors (Lipinski definition) is 4. The lowest BCUT2D eigenvalue weighted by molar-refractivity contribution is -0.908. The van der Waals surface area contributed by atoms with Crippen LogP contribution in [0.3, 0.4) is 0 Å². The molecular weight excluding hydrogens is 360 g/mol. The van der Waals surface area contributed by atoms with Crippen LogP contribution in [0.25, 0.3) is 10.8 Å². The Hall–Kier alpha value is -2.22. The summed E-state index contributed by atoms with van der Waals surface area (Å²) in [6.45, 7) is 7.67. The van der Waals surface area contributed by atoms with Crippen molar-refractivity contribution in [3.05, 3.63) is 42.0 Å². The third kappa shape index (κ3) is 5.38. The van der Waals surface area contributed by atoms with Gasteiger partial charge in [-0.15, -0.1) is 0 Å². The van der Waals surface area contributed by atoms with E-state index in [0.717, 1.165) is 56.6 Å². The number of aromatic hydroxyl groups is 1. The topological polar surface area (TPSA) is 70.3 Å². The van der Waals surface area contributed by atoms with Crippen LogP contribution in [0.4, 0.5) is 0 Å². The zero-order valence-electron chi connectivity index (χ0n) is 15.6. The average molecular weight is 388 g/mol. The first-order valence-corrected chi connectivity index (χ1v) is 9.76. The van der Waals surface area contributed by atoms with Gasteiger partial charge in [0.25, 0.3) is 0 Å². The third-order valence-electron chi connectivity index (χ3n) is 4.81. The first kappa shape index (κ1) is 19.5. The van der Waals surface area contributed by atoms with E-state index in [9.17, 15) is 5.11 Å². The van der Waals surface area contributed by atoms with Gasteiger partial charge in [-0.05, 0) is 30.6 Å². The molecule has 0 radical (unpaired) electrons. The summed E-state index contributed by atoms with van der Waals surface area (Å²) in [6, 6.07) is 11.6. The van der Waals surface area contributed by atoms with Crippen LogP contribution in [0.2, 0.25) is 0 Å². The maximum absolute atomic E-state index is 10.5. The Kier molecular flexibility index (Phi) is 6.98. The minimum Gasteiger partial charge on any atom is -0.507 e. The second-order valence-corrected chi connectivity index (χ2v) is 7.12. The number of benzene rings is 2. The lowest BCUT2D eigenvalue weighted by Gasteiger charge is -2.23. The molecular formula is C20H27N4O2S+. The van der Waals surface area contributed by atoms with Gasteiger partial charge in [-0.1, -0.05) is 30.3 Å². The Balaban J connectivity index is 1.48. The zero-order valence-corrected chi connectivity index (χ0v) is 16.4. The summed E-state index contributed by atoms with van der Waals surface area (Å²) in [5.41, 5.74) is 4.24. The SMILES string of the molecule is C/C(=N\NC(=S)NCCC[NH+]1CCOCC1)c1ccc2ccccc2c1O. The summed E-state index contributed by atoms with van der Waals surface area (Å²) < 4.78 is 5.37. The van der Waals surface area contributed by atoms with Crippen LogP contribution in [0, 0.1) is 0 Å². The number of hydrazone groups is 1. The van der Waals surface area contributed by atoms with E-state index >= 15 is 0 Å².